The maximum atomic E-state index is 12.3. The normalized spacial score (nSPS) is 12.0. The molecule has 5 nitrogen and oxygen atoms in total. The predicted octanol–water partition coefficient (Wildman–Crippen LogP) is 2.54. The quantitative estimate of drug-likeness (QED) is 0.891. The van der Waals surface area contributed by atoms with E-state index in [0.29, 0.717) is 13.0 Å². The standard InChI is InChI=1S/C18H25N3O2/c1-12(9-17-13(2)20-21(4)14(17)3)18(22)19-11-15-7-6-8-16(10-15)23-5/h6-8,10,12H,9,11H2,1-5H3,(H,19,22)/t12-/m1/s1. The fraction of sp³-hybridized carbons (Fsp3) is 0.444. The summed E-state index contributed by atoms with van der Waals surface area (Å²) in [5, 5.41) is 7.40. The van der Waals surface area contributed by atoms with Crippen LogP contribution in [0.1, 0.15) is 29.4 Å². The molecule has 0 spiro atoms. The molecule has 2 aromatic rings. The van der Waals surface area contributed by atoms with Gasteiger partial charge in [-0.1, -0.05) is 19.1 Å². The number of methoxy groups -OCH3 is 1. The number of rotatable bonds is 6. The number of aromatic nitrogens is 2. The van der Waals surface area contributed by atoms with Crippen molar-refractivity contribution in [1.82, 2.24) is 15.1 Å². The second kappa shape index (κ2) is 7.31. The minimum absolute atomic E-state index is 0.0514. The lowest BCUT2D eigenvalue weighted by Crippen LogP contribution is -2.30. The minimum Gasteiger partial charge on any atom is -0.497 e. The summed E-state index contributed by atoms with van der Waals surface area (Å²) in [5.41, 5.74) is 4.31. The smallest absolute Gasteiger partial charge is 0.223 e. The summed E-state index contributed by atoms with van der Waals surface area (Å²) in [6.07, 6.45) is 0.704. The van der Waals surface area contributed by atoms with Crippen LogP contribution in [0.25, 0.3) is 0 Å². The molecular weight excluding hydrogens is 290 g/mol. The second-order valence-corrected chi connectivity index (χ2v) is 5.95. The molecule has 0 bridgehead atoms. The number of nitrogens with zero attached hydrogens (tertiary/aromatic N) is 2. The van der Waals surface area contributed by atoms with Gasteiger partial charge in [0.05, 0.1) is 12.8 Å². The highest BCUT2D eigenvalue weighted by Crippen LogP contribution is 2.17. The van der Waals surface area contributed by atoms with Gasteiger partial charge in [0.15, 0.2) is 0 Å². The fourth-order valence-electron chi connectivity index (χ4n) is 2.66. The van der Waals surface area contributed by atoms with Gasteiger partial charge in [-0.3, -0.25) is 9.48 Å². The van der Waals surface area contributed by atoms with Gasteiger partial charge in [0, 0.05) is 25.2 Å². The first kappa shape index (κ1) is 17.1. The van der Waals surface area contributed by atoms with E-state index in [2.05, 4.69) is 10.4 Å². The average molecular weight is 315 g/mol. The maximum absolute atomic E-state index is 12.3. The van der Waals surface area contributed by atoms with E-state index in [1.54, 1.807) is 7.11 Å². The molecule has 124 valence electrons. The van der Waals surface area contributed by atoms with Crippen molar-refractivity contribution in [3.8, 4) is 5.75 Å². The van der Waals surface area contributed by atoms with Gasteiger partial charge in [-0.05, 0) is 43.5 Å². The molecule has 2 rings (SSSR count). The summed E-state index contributed by atoms with van der Waals surface area (Å²) in [4.78, 5) is 12.3. The number of benzene rings is 1. The van der Waals surface area contributed by atoms with Crippen molar-refractivity contribution in [2.24, 2.45) is 13.0 Å². The molecule has 1 amide bonds. The number of carbonyl (C=O) groups is 1. The van der Waals surface area contributed by atoms with E-state index < -0.39 is 0 Å². The Morgan fingerprint density at radius 1 is 1.39 bits per heavy atom. The molecule has 0 unspecified atom stereocenters. The average Bonchev–Trinajstić information content (AvgIpc) is 2.79. The molecule has 0 saturated carbocycles. The molecule has 0 radical (unpaired) electrons. The Bertz CT molecular complexity index is 692. The van der Waals surface area contributed by atoms with Crippen molar-refractivity contribution in [3.63, 3.8) is 0 Å². The van der Waals surface area contributed by atoms with E-state index in [-0.39, 0.29) is 11.8 Å². The van der Waals surface area contributed by atoms with E-state index in [0.717, 1.165) is 28.3 Å². The maximum Gasteiger partial charge on any atom is 0.223 e. The molecule has 0 saturated heterocycles. The number of nitrogens with one attached hydrogen (secondary N) is 1. The lowest BCUT2D eigenvalue weighted by atomic mass is 9.99. The van der Waals surface area contributed by atoms with Crippen molar-refractivity contribution in [2.75, 3.05) is 7.11 Å². The van der Waals surface area contributed by atoms with Crippen LogP contribution in [0, 0.1) is 19.8 Å². The molecule has 0 fully saturated rings. The second-order valence-electron chi connectivity index (χ2n) is 5.95. The first-order valence-corrected chi connectivity index (χ1v) is 7.82. The van der Waals surface area contributed by atoms with Crippen molar-refractivity contribution in [3.05, 3.63) is 46.8 Å². The molecule has 1 heterocycles. The number of amides is 1. The number of hydrogen-bond acceptors (Lipinski definition) is 3. The van der Waals surface area contributed by atoms with Crippen LogP contribution in [0.15, 0.2) is 24.3 Å². The summed E-state index contributed by atoms with van der Waals surface area (Å²) in [5.74, 6) is 0.754. The van der Waals surface area contributed by atoms with Gasteiger partial charge in [-0.2, -0.15) is 5.10 Å². The van der Waals surface area contributed by atoms with Crippen molar-refractivity contribution in [1.29, 1.82) is 0 Å². The molecule has 5 heteroatoms. The topological polar surface area (TPSA) is 56.1 Å². The fourth-order valence-corrected chi connectivity index (χ4v) is 2.66. The third-order valence-electron chi connectivity index (χ3n) is 4.22. The highest BCUT2D eigenvalue weighted by molar-refractivity contribution is 5.78. The van der Waals surface area contributed by atoms with Crippen LogP contribution in [0.4, 0.5) is 0 Å². The lowest BCUT2D eigenvalue weighted by Gasteiger charge is -2.13. The van der Waals surface area contributed by atoms with Crippen LogP contribution < -0.4 is 10.1 Å². The molecule has 1 aromatic carbocycles. The monoisotopic (exact) mass is 315 g/mol. The summed E-state index contributed by atoms with van der Waals surface area (Å²) >= 11 is 0. The molecule has 0 aliphatic heterocycles. The van der Waals surface area contributed by atoms with E-state index in [1.165, 1.54) is 0 Å². The largest absolute Gasteiger partial charge is 0.497 e. The highest BCUT2D eigenvalue weighted by Gasteiger charge is 2.18. The van der Waals surface area contributed by atoms with Gasteiger partial charge in [-0.25, -0.2) is 0 Å². The van der Waals surface area contributed by atoms with Crippen molar-refractivity contribution < 1.29 is 9.53 Å². The van der Waals surface area contributed by atoms with Gasteiger partial charge in [0.25, 0.3) is 0 Å². The van der Waals surface area contributed by atoms with E-state index in [1.807, 2.05) is 56.8 Å². The van der Waals surface area contributed by atoms with E-state index in [9.17, 15) is 4.79 Å². The Hall–Kier alpha value is -2.30. The Morgan fingerprint density at radius 2 is 2.13 bits per heavy atom. The Morgan fingerprint density at radius 3 is 2.74 bits per heavy atom. The van der Waals surface area contributed by atoms with Crippen molar-refractivity contribution in [2.45, 2.75) is 33.7 Å². The van der Waals surface area contributed by atoms with Crippen LogP contribution in [0.3, 0.4) is 0 Å². The Labute approximate surface area is 137 Å². The summed E-state index contributed by atoms with van der Waals surface area (Å²) in [7, 11) is 3.57. The van der Waals surface area contributed by atoms with Crippen LogP contribution >= 0.6 is 0 Å². The van der Waals surface area contributed by atoms with E-state index >= 15 is 0 Å². The number of aryl methyl sites for hydroxylation is 2. The molecule has 1 aromatic heterocycles. The van der Waals surface area contributed by atoms with Crippen LogP contribution in [0.5, 0.6) is 5.75 Å². The molecule has 0 aliphatic rings. The zero-order valence-electron chi connectivity index (χ0n) is 14.5. The van der Waals surface area contributed by atoms with Gasteiger partial charge < -0.3 is 10.1 Å². The van der Waals surface area contributed by atoms with Gasteiger partial charge >= 0.3 is 0 Å². The first-order valence-electron chi connectivity index (χ1n) is 7.82. The van der Waals surface area contributed by atoms with E-state index in [4.69, 9.17) is 4.74 Å². The minimum atomic E-state index is -0.0952. The Balaban J connectivity index is 1.94. The zero-order valence-corrected chi connectivity index (χ0v) is 14.5. The molecule has 1 N–H and O–H groups in total. The summed E-state index contributed by atoms with van der Waals surface area (Å²) in [6, 6.07) is 7.72. The van der Waals surface area contributed by atoms with Gasteiger partial charge in [0.2, 0.25) is 5.91 Å². The summed E-state index contributed by atoms with van der Waals surface area (Å²) < 4.78 is 7.06. The van der Waals surface area contributed by atoms with Gasteiger partial charge in [-0.15, -0.1) is 0 Å². The number of hydrogen-bond donors (Lipinski definition) is 1. The lowest BCUT2D eigenvalue weighted by molar-refractivity contribution is -0.124. The van der Waals surface area contributed by atoms with Gasteiger partial charge in [0.1, 0.15) is 5.75 Å². The summed E-state index contributed by atoms with van der Waals surface area (Å²) in [6.45, 7) is 6.48. The number of carbonyl (C=O) groups excluding carboxylic acids is 1. The Kier molecular flexibility index (Phi) is 5.42. The number of ether oxygens (including phenoxy) is 1. The third-order valence-corrected chi connectivity index (χ3v) is 4.22. The van der Waals surface area contributed by atoms with Crippen LogP contribution in [0.2, 0.25) is 0 Å². The van der Waals surface area contributed by atoms with Crippen LogP contribution in [-0.2, 0) is 24.8 Å². The predicted molar refractivity (Wildman–Crippen MR) is 90.4 cm³/mol. The molecule has 23 heavy (non-hydrogen) atoms. The third kappa shape index (κ3) is 4.12. The molecule has 0 aliphatic carbocycles. The SMILES string of the molecule is COc1cccc(CNC(=O)[C@H](C)Cc2c(C)nn(C)c2C)c1. The molecular formula is C18H25N3O2. The van der Waals surface area contributed by atoms with Crippen molar-refractivity contribution >= 4 is 5.91 Å². The highest BCUT2D eigenvalue weighted by atomic mass is 16.5. The van der Waals surface area contributed by atoms with Crippen LogP contribution in [-0.4, -0.2) is 22.8 Å². The molecule has 1 atom stereocenters. The first-order chi connectivity index (χ1) is 10.9. The zero-order chi connectivity index (χ0) is 17.0.